The number of aromatic amines is 1. The average Bonchev–Trinajstić information content (AvgIpc) is 3.39. The zero-order chi connectivity index (χ0) is 23.4. The lowest BCUT2D eigenvalue weighted by Gasteiger charge is -2.16. The number of carbonyl (C=O) groups is 3. The van der Waals surface area contributed by atoms with Crippen LogP contribution in [0, 0.1) is 11.7 Å². The van der Waals surface area contributed by atoms with E-state index in [0.717, 1.165) is 22.9 Å². The third-order valence-electron chi connectivity index (χ3n) is 5.79. The van der Waals surface area contributed by atoms with Crippen molar-refractivity contribution in [2.45, 2.75) is 26.2 Å². The number of halogens is 1. The van der Waals surface area contributed by atoms with Crippen LogP contribution in [0.2, 0.25) is 0 Å². The second-order valence-corrected chi connectivity index (χ2v) is 8.20. The Bertz CT molecular complexity index is 1170. The van der Waals surface area contributed by atoms with Crippen LogP contribution in [0.15, 0.2) is 48.7 Å². The summed E-state index contributed by atoms with van der Waals surface area (Å²) in [7, 11) is 0. The molecule has 33 heavy (non-hydrogen) atoms. The van der Waals surface area contributed by atoms with Crippen molar-refractivity contribution in [3.63, 3.8) is 0 Å². The number of benzene rings is 2. The number of nitrogens with zero attached hydrogens (tertiary/aromatic N) is 1. The topological polar surface area (TPSA) is 91.5 Å². The number of hydrogen-bond acceptors (Lipinski definition) is 4. The molecule has 2 aromatic carbocycles. The Morgan fingerprint density at radius 2 is 2.00 bits per heavy atom. The van der Waals surface area contributed by atoms with Crippen LogP contribution in [0.3, 0.4) is 0 Å². The van der Waals surface area contributed by atoms with Crippen molar-refractivity contribution >= 4 is 34.4 Å². The van der Waals surface area contributed by atoms with E-state index < -0.39 is 11.9 Å². The van der Waals surface area contributed by atoms with Gasteiger partial charge in [-0.15, -0.1) is 0 Å². The molecule has 7 nitrogen and oxygen atoms in total. The molecule has 1 unspecified atom stereocenters. The number of ether oxygens (including phenoxy) is 1. The zero-order valence-corrected chi connectivity index (χ0v) is 18.4. The molecule has 8 heteroatoms. The Morgan fingerprint density at radius 1 is 1.21 bits per heavy atom. The molecule has 1 aromatic heterocycles. The number of nitrogens with one attached hydrogen (secondary N) is 2. The van der Waals surface area contributed by atoms with E-state index in [1.165, 1.54) is 12.1 Å². The minimum absolute atomic E-state index is 0.0739. The van der Waals surface area contributed by atoms with Gasteiger partial charge in [0.2, 0.25) is 11.8 Å². The molecule has 2 heterocycles. The summed E-state index contributed by atoms with van der Waals surface area (Å²) >= 11 is 0. The maximum Gasteiger partial charge on any atom is 0.338 e. The Balaban J connectivity index is 1.31. The van der Waals surface area contributed by atoms with Crippen molar-refractivity contribution in [1.82, 2.24) is 9.88 Å². The molecule has 0 spiro atoms. The summed E-state index contributed by atoms with van der Waals surface area (Å²) in [5.41, 5.74) is 2.75. The van der Waals surface area contributed by atoms with Gasteiger partial charge in [-0.2, -0.15) is 0 Å². The maximum atomic E-state index is 13.6. The van der Waals surface area contributed by atoms with E-state index >= 15 is 0 Å². The molecule has 0 aliphatic carbocycles. The van der Waals surface area contributed by atoms with E-state index in [9.17, 15) is 18.8 Å². The van der Waals surface area contributed by atoms with Gasteiger partial charge in [0.1, 0.15) is 5.82 Å². The highest BCUT2D eigenvalue weighted by Gasteiger charge is 2.34. The number of hydrogen-bond donors (Lipinski definition) is 2. The molecule has 1 atom stereocenters. The van der Waals surface area contributed by atoms with Crippen LogP contribution in [0.1, 0.15) is 35.7 Å². The number of anilines is 1. The molecule has 2 N–H and O–H groups in total. The van der Waals surface area contributed by atoms with Gasteiger partial charge in [-0.05, 0) is 60.9 Å². The Labute approximate surface area is 190 Å². The molecule has 1 aliphatic heterocycles. The molecule has 1 fully saturated rings. The molecule has 1 saturated heterocycles. The van der Waals surface area contributed by atoms with Crippen molar-refractivity contribution in [2.24, 2.45) is 5.92 Å². The number of carbonyl (C=O) groups excluding carboxylic acids is 3. The number of aromatic nitrogens is 1. The van der Waals surface area contributed by atoms with Gasteiger partial charge >= 0.3 is 5.97 Å². The average molecular weight is 451 g/mol. The summed E-state index contributed by atoms with van der Waals surface area (Å²) in [5, 5.41) is 3.62. The van der Waals surface area contributed by atoms with E-state index in [2.05, 4.69) is 10.3 Å². The van der Waals surface area contributed by atoms with Gasteiger partial charge in [-0.3, -0.25) is 9.59 Å². The van der Waals surface area contributed by atoms with Crippen LogP contribution in [0.5, 0.6) is 0 Å². The first kappa shape index (κ1) is 22.5. The molecule has 4 rings (SSSR count). The minimum Gasteiger partial charge on any atom is -0.462 e. The van der Waals surface area contributed by atoms with Gasteiger partial charge in [0.25, 0.3) is 0 Å². The summed E-state index contributed by atoms with van der Waals surface area (Å²) in [4.78, 5) is 41.8. The van der Waals surface area contributed by atoms with Crippen LogP contribution in [0.25, 0.3) is 10.9 Å². The van der Waals surface area contributed by atoms with Gasteiger partial charge < -0.3 is 19.9 Å². The van der Waals surface area contributed by atoms with E-state index in [1.807, 2.05) is 13.1 Å². The predicted octanol–water partition coefficient (Wildman–Crippen LogP) is 3.90. The van der Waals surface area contributed by atoms with Gasteiger partial charge in [-0.1, -0.05) is 6.92 Å². The van der Waals surface area contributed by atoms with Gasteiger partial charge in [0.05, 0.1) is 18.1 Å². The second kappa shape index (κ2) is 9.85. The highest BCUT2D eigenvalue weighted by molar-refractivity contribution is 5.97. The number of fused-ring (bicyclic) bond motifs is 1. The molecular weight excluding hydrogens is 425 g/mol. The fourth-order valence-electron chi connectivity index (χ4n) is 3.99. The first-order valence-electron chi connectivity index (χ1n) is 11.1. The highest BCUT2D eigenvalue weighted by atomic mass is 19.1. The zero-order valence-electron chi connectivity index (χ0n) is 18.4. The number of likely N-dealkylation sites (tertiary alicyclic amines) is 1. The maximum absolute atomic E-state index is 13.6. The number of H-pyrrole nitrogens is 1. The molecule has 1 aliphatic rings. The van der Waals surface area contributed by atoms with Crippen molar-refractivity contribution in [1.29, 1.82) is 0 Å². The molecule has 172 valence electrons. The van der Waals surface area contributed by atoms with Crippen molar-refractivity contribution in [3.05, 3.63) is 65.6 Å². The van der Waals surface area contributed by atoms with Gasteiger partial charge in [0, 0.05) is 42.3 Å². The van der Waals surface area contributed by atoms with E-state index in [0.29, 0.717) is 37.4 Å². The van der Waals surface area contributed by atoms with Crippen molar-refractivity contribution in [3.8, 4) is 0 Å². The van der Waals surface area contributed by atoms with Crippen LogP contribution in [0.4, 0.5) is 10.1 Å². The Kier molecular flexibility index (Phi) is 6.72. The first-order valence-corrected chi connectivity index (χ1v) is 11.1. The number of esters is 1. The summed E-state index contributed by atoms with van der Waals surface area (Å²) in [6.07, 6.45) is 3.29. The molecule has 0 saturated carbocycles. The fraction of sp³-hybridized carbons (Fsp3) is 0.320. The summed E-state index contributed by atoms with van der Waals surface area (Å²) < 4.78 is 18.7. The monoisotopic (exact) mass is 451 g/mol. The van der Waals surface area contributed by atoms with E-state index in [1.54, 1.807) is 35.2 Å². The third-order valence-corrected chi connectivity index (χ3v) is 5.79. The van der Waals surface area contributed by atoms with Crippen molar-refractivity contribution in [2.75, 3.05) is 25.0 Å². The molecular formula is C25H26FN3O4. The summed E-state index contributed by atoms with van der Waals surface area (Å²) in [5.74, 6) is -1.46. The van der Waals surface area contributed by atoms with Crippen LogP contribution >= 0.6 is 0 Å². The van der Waals surface area contributed by atoms with E-state index in [4.69, 9.17) is 4.74 Å². The summed E-state index contributed by atoms with van der Waals surface area (Å²) in [6.45, 7) is 3.08. The lowest BCUT2D eigenvalue weighted by atomic mass is 10.1. The van der Waals surface area contributed by atoms with Gasteiger partial charge in [-0.25, -0.2) is 9.18 Å². The van der Waals surface area contributed by atoms with Crippen molar-refractivity contribution < 1.29 is 23.5 Å². The van der Waals surface area contributed by atoms with E-state index in [-0.39, 0.29) is 24.1 Å². The van der Waals surface area contributed by atoms with Crippen LogP contribution < -0.4 is 5.32 Å². The number of amides is 2. The minimum atomic E-state index is -0.452. The lowest BCUT2D eigenvalue weighted by molar-refractivity contribution is -0.128. The largest absolute Gasteiger partial charge is 0.462 e. The number of rotatable bonds is 8. The molecule has 2 amide bonds. The molecule has 0 bridgehead atoms. The lowest BCUT2D eigenvalue weighted by Crippen LogP contribution is -2.30. The first-order chi connectivity index (χ1) is 15.9. The third kappa shape index (κ3) is 5.22. The predicted molar refractivity (Wildman–Crippen MR) is 122 cm³/mol. The van der Waals surface area contributed by atoms with Crippen LogP contribution in [-0.2, 0) is 20.7 Å². The standard InChI is InChI=1S/C25H26FN3O4/c1-2-11-33-25(32)16-3-6-20(7-4-16)28-24(31)18-12-23(30)29(15-18)10-9-17-14-27-22-8-5-19(26)13-21(17)22/h3-8,13-14,18,27H,2,9-12,15H2,1H3,(H,28,31). The normalized spacial score (nSPS) is 15.8. The quantitative estimate of drug-likeness (QED) is 0.508. The fourth-order valence-corrected chi connectivity index (χ4v) is 3.99. The van der Waals surface area contributed by atoms with Crippen LogP contribution in [-0.4, -0.2) is 47.4 Å². The molecule has 0 radical (unpaired) electrons. The van der Waals surface area contributed by atoms with Gasteiger partial charge in [0.15, 0.2) is 0 Å². The SMILES string of the molecule is CCCOC(=O)c1ccc(NC(=O)C2CC(=O)N(CCc3c[nH]c4ccc(F)cc34)C2)cc1. The Hall–Kier alpha value is -3.68. The summed E-state index contributed by atoms with van der Waals surface area (Å²) in [6, 6.07) is 11.1. The smallest absolute Gasteiger partial charge is 0.338 e. The Morgan fingerprint density at radius 3 is 2.76 bits per heavy atom. The highest BCUT2D eigenvalue weighted by Crippen LogP contribution is 2.23. The second-order valence-electron chi connectivity index (χ2n) is 8.20. The molecule has 3 aromatic rings.